The molecule has 0 spiro atoms. The molecule has 1 aliphatic carbocycles. The molecule has 2 aliphatic heterocycles. The van der Waals surface area contributed by atoms with E-state index in [9.17, 15) is 14.4 Å². The molecule has 28 heavy (non-hydrogen) atoms. The van der Waals surface area contributed by atoms with Gasteiger partial charge in [0.2, 0.25) is 5.91 Å². The van der Waals surface area contributed by atoms with E-state index >= 15 is 0 Å². The first-order valence-corrected chi connectivity index (χ1v) is 11.0. The van der Waals surface area contributed by atoms with Crippen LogP contribution >= 0.6 is 15.9 Å². The predicted molar refractivity (Wildman–Crippen MR) is 109 cm³/mol. The van der Waals surface area contributed by atoms with Gasteiger partial charge in [0.15, 0.2) is 0 Å². The van der Waals surface area contributed by atoms with E-state index in [0.29, 0.717) is 30.0 Å². The molecule has 0 radical (unpaired) electrons. The largest absolute Gasteiger partial charge is 0.340 e. The van der Waals surface area contributed by atoms with Crippen LogP contribution in [0, 0.1) is 0 Å². The molecule has 3 amide bonds. The minimum absolute atomic E-state index is 0.130. The molecular formula is C21H26BrN3O3. The number of rotatable bonds is 5. The lowest BCUT2D eigenvalue weighted by Crippen LogP contribution is -2.51. The Morgan fingerprint density at radius 1 is 1.00 bits per heavy atom. The van der Waals surface area contributed by atoms with Crippen molar-refractivity contribution in [2.75, 3.05) is 32.7 Å². The molecular weight excluding hydrogens is 422 g/mol. The van der Waals surface area contributed by atoms with E-state index in [0.717, 1.165) is 30.7 Å². The molecule has 3 aliphatic rings. The first-order chi connectivity index (χ1) is 13.5. The number of benzene rings is 1. The fourth-order valence-electron chi connectivity index (χ4n) is 4.62. The Morgan fingerprint density at radius 2 is 1.68 bits per heavy atom. The molecule has 1 aromatic rings. The maximum atomic E-state index is 12.5. The Morgan fingerprint density at radius 3 is 2.39 bits per heavy atom. The van der Waals surface area contributed by atoms with Gasteiger partial charge in [-0.3, -0.25) is 24.2 Å². The number of fused-ring (bicyclic) bond motifs is 1. The van der Waals surface area contributed by atoms with E-state index in [2.05, 4.69) is 20.8 Å². The number of piperazine rings is 1. The molecule has 0 aromatic heterocycles. The quantitative estimate of drug-likeness (QED) is 0.650. The number of imide groups is 1. The Kier molecular flexibility index (Phi) is 5.83. The van der Waals surface area contributed by atoms with Crippen LogP contribution in [0.5, 0.6) is 0 Å². The van der Waals surface area contributed by atoms with Gasteiger partial charge in [-0.1, -0.05) is 28.8 Å². The van der Waals surface area contributed by atoms with Gasteiger partial charge in [0.1, 0.15) is 0 Å². The fraction of sp³-hybridized carbons (Fsp3) is 0.571. The summed E-state index contributed by atoms with van der Waals surface area (Å²) in [6.45, 7) is 3.79. The van der Waals surface area contributed by atoms with Gasteiger partial charge in [-0.2, -0.15) is 0 Å². The summed E-state index contributed by atoms with van der Waals surface area (Å²) in [5, 5.41) is 0. The van der Waals surface area contributed by atoms with Gasteiger partial charge < -0.3 is 4.90 Å². The summed E-state index contributed by atoms with van der Waals surface area (Å²) in [6.07, 6.45) is 6.14. The van der Waals surface area contributed by atoms with Crippen molar-refractivity contribution in [2.24, 2.45) is 0 Å². The first-order valence-electron chi connectivity index (χ1n) is 10.2. The van der Waals surface area contributed by atoms with Gasteiger partial charge in [-0.25, -0.2) is 0 Å². The minimum atomic E-state index is -0.265. The molecule has 6 nitrogen and oxygen atoms in total. The number of halogens is 1. The monoisotopic (exact) mass is 447 g/mol. The van der Waals surface area contributed by atoms with Gasteiger partial charge in [-0.05, 0) is 37.5 Å². The lowest BCUT2D eigenvalue weighted by atomic mass is 10.1. The van der Waals surface area contributed by atoms with Crippen molar-refractivity contribution in [2.45, 2.75) is 44.6 Å². The van der Waals surface area contributed by atoms with E-state index < -0.39 is 0 Å². The fourth-order valence-corrected chi connectivity index (χ4v) is 4.98. The van der Waals surface area contributed by atoms with Gasteiger partial charge in [0.25, 0.3) is 11.8 Å². The van der Waals surface area contributed by atoms with Crippen molar-refractivity contribution < 1.29 is 14.4 Å². The summed E-state index contributed by atoms with van der Waals surface area (Å²) in [6, 6.07) is 5.84. The molecule has 1 aromatic carbocycles. The van der Waals surface area contributed by atoms with Gasteiger partial charge in [0, 0.05) is 49.7 Å². The summed E-state index contributed by atoms with van der Waals surface area (Å²) in [5.41, 5.74) is 0.885. The molecule has 2 fully saturated rings. The molecule has 7 heteroatoms. The predicted octanol–water partition coefficient (Wildman–Crippen LogP) is 2.91. The lowest BCUT2D eigenvalue weighted by Gasteiger charge is -2.38. The first kappa shape index (κ1) is 19.6. The normalized spacial score (nSPS) is 20.9. The van der Waals surface area contributed by atoms with Crippen LogP contribution in [-0.4, -0.2) is 71.2 Å². The molecule has 0 unspecified atom stereocenters. The van der Waals surface area contributed by atoms with Crippen LogP contribution < -0.4 is 0 Å². The molecule has 0 N–H and O–H groups in total. The summed E-state index contributed by atoms with van der Waals surface area (Å²) < 4.78 is 0.779. The van der Waals surface area contributed by atoms with Crippen LogP contribution in [0.3, 0.4) is 0 Å². The van der Waals surface area contributed by atoms with Crippen LogP contribution in [-0.2, 0) is 4.79 Å². The smallest absolute Gasteiger partial charge is 0.261 e. The number of carbonyl (C=O) groups excluding carboxylic acids is 3. The standard InChI is InChI=1S/C21H26BrN3O3/c22-15-7-8-17-18(14-15)21(28)25(20(17)27)9-3-6-19(26)24-12-10-23(11-13-24)16-4-1-2-5-16/h7-8,14,16H,1-6,9-13H2. The van der Waals surface area contributed by atoms with Crippen molar-refractivity contribution >= 4 is 33.7 Å². The third-order valence-electron chi connectivity index (χ3n) is 6.21. The van der Waals surface area contributed by atoms with Crippen LogP contribution in [0.25, 0.3) is 0 Å². The molecule has 4 rings (SSSR count). The number of hydrogen-bond donors (Lipinski definition) is 0. The third-order valence-corrected chi connectivity index (χ3v) is 6.71. The Labute approximate surface area is 174 Å². The highest BCUT2D eigenvalue weighted by molar-refractivity contribution is 9.10. The number of hydrogen-bond acceptors (Lipinski definition) is 4. The molecule has 2 heterocycles. The Bertz CT molecular complexity index is 783. The van der Waals surface area contributed by atoms with Gasteiger partial charge >= 0.3 is 0 Å². The molecule has 150 valence electrons. The average molecular weight is 448 g/mol. The number of amides is 3. The zero-order chi connectivity index (χ0) is 19.7. The Balaban J connectivity index is 1.24. The summed E-state index contributed by atoms with van der Waals surface area (Å²) in [4.78, 5) is 43.2. The van der Waals surface area contributed by atoms with Crippen LogP contribution in [0.15, 0.2) is 22.7 Å². The number of nitrogens with zero attached hydrogens (tertiary/aromatic N) is 3. The average Bonchev–Trinajstić information content (AvgIpc) is 3.31. The zero-order valence-corrected chi connectivity index (χ0v) is 17.6. The van der Waals surface area contributed by atoms with E-state index in [1.54, 1.807) is 18.2 Å². The van der Waals surface area contributed by atoms with E-state index in [1.807, 2.05) is 4.90 Å². The lowest BCUT2D eigenvalue weighted by molar-refractivity contribution is -0.133. The van der Waals surface area contributed by atoms with Crippen molar-refractivity contribution in [1.29, 1.82) is 0 Å². The highest BCUT2D eigenvalue weighted by atomic mass is 79.9. The Hall–Kier alpha value is -1.73. The van der Waals surface area contributed by atoms with Crippen LogP contribution in [0.2, 0.25) is 0 Å². The molecule has 1 saturated heterocycles. The van der Waals surface area contributed by atoms with Crippen molar-refractivity contribution in [3.63, 3.8) is 0 Å². The second-order valence-corrected chi connectivity index (χ2v) is 8.83. The molecule has 0 atom stereocenters. The summed E-state index contributed by atoms with van der Waals surface area (Å²) in [5.74, 6) is -0.394. The van der Waals surface area contributed by atoms with E-state index in [1.165, 1.54) is 30.6 Å². The third kappa shape index (κ3) is 3.87. The highest BCUT2D eigenvalue weighted by Crippen LogP contribution is 2.27. The summed E-state index contributed by atoms with van der Waals surface area (Å²) in [7, 11) is 0. The van der Waals surface area contributed by atoms with Crippen molar-refractivity contribution in [3.8, 4) is 0 Å². The zero-order valence-electron chi connectivity index (χ0n) is 16.0. The highest BCUT2D eigenvalue weighted by Gasteiger charge is 2.35. The van der Waals surface area contributed by atoms with E-state index in [-0.39, 0.29) is 24.3 Å². The van der Waals surface area contributed by atoms with Crippen molar-refractivity contribution in [3.05, 3.63) is 33.8 Å². The topological polar surface area (TPSA) is 60.9 Å². The van der Waals surface area contributed by atoms with Gasteiger partial charge in [0.05, 0.1) is 11.1 Å². The second kappa shape index (κ2) is 8.33. The maximum Gasteiger partial charge on any atom is 0.261 e. The number of carbonyl (C=O) groups is 3. The van der Waals surface area contributed by atoms with Crippen LogP contribution in [0.1, 0.15) is 59.2 Å². The van der Waals surface area contributed by atoms with Crippen molar-refractivity contribution in [1.82, 2.24) is 14.7 Å². The maximum absolute atomic E-state index is 12.5. The molecule has 1 saturated carbocycles. The summed E-state index contributed by atoms with van der Waals surface area (Å²) >= 11 is 3.34. The van der Waals surface area contributed by atoms with Gasteiger partial charge in [-0.15, -0.1) is 0 Å². The SMILES string of the molecule is O=C(CCCN1C(=O)c2ccc(Br)cc2C1=O)N1CCN(C2CCCC2)CC1. The van der Waals surface area contributed by atoms with Crippen LogP contribution in [0.4, 0.5) is 0 Å². The second-order valence-electron chi connectivity index (χ2n) is 7.91. The van der Waals surface area contributed by atoms with E-state index in [4.69, 9.17) is 0 Å². The molecule has 0 bridgehead atoms. The minimum Gasteiger partial charge on any atom is -0.340 e.